The van der Waals surface area contributed by atoms with Gasteiger partial charge < -0.3 is 9.64 Å². The Kier molecular flexibility index (Phi) is 4.40. The van der Waals surface area contributed by atoms with Crippen LogP contribution in [0.1, 0.15) is 30.4 Å². The van der Waals surface area contributed by atoms with E-state index in [9.17, 15) is 4.79 Å². The van der Waals surface area contributed by atoms with E-state index in [0.29, 0.717) is 13.0 Å². The fourth-order valence-electron chi connectivity index (χ4n) is 2.23. The maximum Gasteiger partial charge on any atom is 0.223 e. The van der Waals surface area contributed by atoms with E-state index in [1.54, 1.807) is 11.9 Å². The van der Waals surface area contributed by atoms with Crippen LogP contribution in [0.15, 0.2) is 18.2 Å². The second kappa shape index (κ2) is 6.24. The van der Waals surface area contributed by atoms with Crippen LogP contribution in [-0.4, -0.2) is 24.5 Å². The van der Waals surface area contributed by atoms with Crippen molar-refractivity contribution in [3.05, 3.63) is 29.3 Å². The summed E-state index contributed by atoms with van der Waals surface area (Å²) >= 11 is 0. The standard InChI is InChI=1S/C15H18N2O2/c1-17(15(18)5-2-8-16)11-12-6-7-14-13(10-12)4-3-9-19-14/h6-7,10H,2-5,9,11H2,1H3. The fourth-order valence-corrected chi connectivity index (χ4v) is 2.23. The number of amides is 1. The van der Waals surface area contributed by atoms with E-state index in [1.165, 1.54) is 5.56 Å². The predicted molar refractivity (Wildman–Crippen MR) is 71.6 cm³/mol. The number of rotatable bonds is 4. The van der Waals surface area contributed by atoms with Gasteiger partial charge in [0.25, 0.3) is 0 Å². The van der Waals surface area contributed by atoms with E-state index in [2.05, 4.69) is 6.07 Å². The van der Waals surface area contributed by atoms with Crippen molar-refractivity contribution in [3.63, 3.8) is 0 Å². The molecule has 2 rings (SSSR count). The van der Waals surface area contributed by atoms with Gasteiger partial charge in [-0.15, -0.1) is 0 Å². The predicted octanol–water partition coefficient (Wildman–Crippen LogP) is 2.27. The van der Waals surface area contributed by atoms with E-state index < -0.39 is 0 Å². The minimum Gasteiger partial charge on any atom is -0.493 e. The topological polar surface area (TPSA) is 53.3 Å². The van der Waals surface area contributed by atoms with E-state index in [1.807, 2.05) is 18.2 Å². The van der Waals surface area contributed by atoms with Crippen LogP contribution in [0.25, 0.3) is 0 Å². The molecule has 0 unspecified atom stereocenters. The molecule has 4 nitrogen and oxygen atoms in total. The van der Waals surface area contributed by atoms with Gasteiger partial charge in [0.15, 0.2) is 0 Å². The molecule has 0 bridgehead atoms. The lowest BCUT2D eigenvalue weighted by Crippen LogP contribution is -2.25. The molecule has 0 saturated carbocycles. The largest absolute Gasteiger partial charge is 0.493 e. The monoisotopic (exact) mass is 258 g/mol. The smallest absolute Gasteiger partial charge is 0.223 e. The van der Waals surface area contributed by atoms with Crippen molar-refractivity contribution in [3.8, 4) is 11.8 Å². The Morgan fingerprint density at radius 3 is 3.16 bits per heavy atom. The minimum atomic E-state index is 0.00974. The summed E-state index contributed by atoms with van der Waals surface area (Å²) in [5, 5.41) is 8.48. The van der Waals surface area contributed by atoms with Crippen molar-refractivity contribution < 1.29 is 9.53 Å². The van der Waals surface area contributed by atoms with Crippen LogP contribution in [-0.2, 0) is 17.8 Å². The van der Waals surface area contributed by atoms with Gasteiger partial charge in [0.1, 0.15) is 5.75 Å². The first kappa shape index (κ1) is 13.4. The molecule has 0 aromatic heterocycles. The molecule has 100 valence electrons. The lowest BCUT2D eigenvalue weighted by molar-refractivity contribution is -0.130. The number of ether oxygens (including phenoxy) is 1. The van der Waals surface area contributed by atoms with E-state index in [0.717, 1.165) is 30.8 Å². The Morgan fingerprint density at radius 2 is 2.37 bits per heavy atom. The zero-order valence-electron chi connectivity index (χ0n) is 11.2. The first-order valence-corrected chi connectivity index (χ1v) is 6.56. The number of aryl methyl sites for hydroxylation is 1. The van der Waals surface area contributed by atoms with Gasteiger partial charge in [-0.25, -0.2) is 0 Å². The number of nitriles is 1. The molecular formula is C15H18N2O2. The number of hydrogen-bond donors (Lipinski definition) is 0. The van der Waals surface area contributed by atoms with Gasteiger partial charge in [0.2, 0.25) is 5.91 Å². The Bertz CT molecular complexity index is 505. The number of fused-ring (bicyclic) bond motifs is 1. The summed E-state index contributed by atoms with van der Waals surface area (Å²) in [6.07, 6.45) is 2.66. The summed E-state index contributed by atoms with van der Waals surface area (Å²) in [4.78, 5) is 13.4. The van der Waals surface area contributed by atoms with Crippen molar-refractivity contribution in [1.29, 1.82) is 5.26 Å². The average Bonchev–Trinajstić information content (AvgIpc) is 2.44. The lowest BCUT2D eigenvalue weighted by atomic mass is 10.0. The van der Waals surface area contributed by atoms with Crippen LogP contribution >= 0.6 is 0 Å². The lowest BCUT2D eigenvalue weighted by Gasteiger charge is -2.20. The van der Waals surface area contributed by atoms with Crippen LogP contribution in [0.2, 0.25) is 0 Å². The number of carbonyl (C=O) groups excluding carboxylic acids is 1. The summed E-state index contributed by atoms with van der Waals surface area (Å²) in [5.74, 6) is 0.976. The molecule has 1 aliphatic rings. The van der Waals surface area contributed by atoms with E-state index >= 15 is 0 Å². The van der Waals surface area contributed by atoms with Crippen molar-refractivity contribution in [2.75, 3.05) is 13.7 Å². The second-order valence-corrected chi connectivity index (χ2v) is 4.80. The van der Waals surface area contributed by atoms with Crippen molar-refractivity contribution in [2.24, 2.45) is 0 Å². The molecule has 1 aromatic rings. The van der Waals surface area contributed by atoms with Crippen molar-refractivity contribution in [1.82, 2.24) is 4.90 Å². The molecular weight excluding hydrogens is 240 g/mol. The summed E-state index contributed by atoms with van der Waals surface area (Å²) < 4.78 is 5.57. The van der Waals surface area contributed by atoms with Gasteiger partial charge in [-0.2, -0.15) is 5.26 Å². The Labute approximate surface area is 113 Å². The van der Waals surface area contributed by atoms with Gasteiger partial charge in [-0.3, -0.25) is 4.79 Å². The number of nitrogens with zero attached hydrogens (tertiary/aromatic N) is 2. The van der Waals surface area contributed by atoms with Gasteiger partial charge in [0.05, 0.1) is 12.7 Å². The Morgan fingerprint density at radius 1 is 1.53 bits per heavy atom. The first-order chi connectivity index (χ1) is 9.20. The molecule has 0 spiro atoms. The third-order valence-electron chi connectivity index (χ3n) is 3.27. The van der Waals surface area contributed by atoms with Crippen LogP contribution < -0.4 is 4.74 Å². The van der Waals surface area contributed by atoms with Crippen LogP contribution in [0.4, 0.5) is 0 Å². The van der Waals surface area contributed by atoms with E-state index in [4.69, 9.17) is 10.00 Å². The highest BCUT2D eigenvalue weighted by molar-refractivity contribution is 5.76. The summed E-state index contributed by atoms with van der Waals surface area (Å²) in [5.41, 5.74) is 2.33. The number of hydrogen-bond acceptors (Lipinski definition) is 3. The highest BCUT2D eigenvalue weighted by Crippen LogP contribution is 2.25. The first-order valence-electron chi connectivity index (χ1n) is 6.56. The molecule has 0 fully saturated rings. The fraction of sp³-hybridized carbons (Fsp3) is 0.467. The molecule has 0 N–H and O–H groups in total. The molecule has 0 atom stereocenters. The van der Waals surface area contributed by atoms with Crippen LogP contribution in [0.5, 0.6) is 5.75 Å². The normalized spacial score (nSPS) is 13.1. The maximum atomic E-state index is 11.7. The maximum absolute atomic E-state index is 11.7. The average molecular weight is 258 g/mol. The van der Waals surface area contributed by atoms with Gasteiger partial charge in [0, 0.05) is 26.4 Å². The van der Waals surface area contributed by atoms with Gasteiger partial charge in [-0.1, -0.05) is 12.1 Å². The Balaban J connectivity index is 1.99. The third kappa shape index (κ3) is 3.47. The zero-order valence-corrected chi connectivity index (χ0v) is 11.2. The highest BCUT2D eigenvalue weighted by atomic mass is 16.5. The molecule has 1 aliphatic heterocycles. The van der Waals surface area contributed by atoms with Crippen molar-refractivity contribution in [2.45, 2.75) is 32.2 Å². The quantitative estimate of drug-likeness (QED) is 0.832. The molecule has 0 saturated heterocycles. The SMILES string of the molecule is CN(Cc1ccc2c(c1)CCCO2)C(=O)CCC#N. The van der Waals surface area contributed by atoms with Crippen molar-refractivity contribution >= 4 is 5.91 Å². The second-order valence-electron chi connectivity index (χ2n) is 4.80. The Hall–Kier alpha value is -2.02. The van der Waals surface area contributed by atoms with Crippen LogP contribution in [0, 0.1) is 11.3 Å². The molecule has 19 heavy (non-hydrogen) atoms. The summed E-state index contributed by atoms with van der Waals surface area (Å²) in [6, 6.07) is 8.09. The van der Waals surface area contributed by atoms with Gasteiger partial charge >= 0.3 is 0 Å². The highest BCUT2D eigenvalue weighted by Gasteiger charge is 2.13. The molecule has 0 radical (unpaired) electrons. The summed E-state index contributed by atoms with van der Waals surface area (Å²) in [6.45, 7) is 1.37. The molecule has 1 heterocycles. The summed E-state index contributed by atoms with van der Waals surface area (Å²) in [7, 11) is 1.77. The molecule has 1 amide bonds. The van der Waals surface area contributed by atoms with Crippen LogP contribution in [0.3, 0.4) is 0 Å². The minimum absolute atomic E-state index is 0.00974. The van der Waals surface area contributed by atoms with E-state index in [-0.39, 0.29) is 12.3 Å². The van der Waals surface area contributed by atoms with Gasteiger partial charge in [-0.05, 0) is 30.0 Å². The number of benzene rings is 1. The molecule has 4 heteroatoms. The number of carbonyl (C=O) groups is 1. The molecule has 1 aromatic carbocycles. The zero-order chi connectivity index (χ0) is 13.7. The molecule has 0 aliphatic carbocycles. The third-order valence-corrected chi connectivity index (χ3v) is 3.27.